The topological polar surface area (TPSA) is 46.6 Å². The van der Waals surface area contributed by atoms with E-state index < -0.39 is 5.97 Å². The number of esters is 1. The van der Waals surface area contributed by atoms with E-state index in [4.69, 9.17) is 27.9 Å². The lowest BCUT2D eigenvalue weighted by atomic mass is 10.2. The Hall–Kier alpha value is -0.910. The number of likely N-dealkylation sites (N-methyl/N-ethyl adjacent to an activating group) is 1. The molecule has 0 radical (unpaired) electrons. The van der Waals surface area contributed by atoms with E-state index in [0.717, 1.165) is 5.56 Å². The number of ether oxygens (including phenoxy) is 1. The third-order valence-corrected chi connectivity index (χ3v) is 4.28. The van der Waals surface area contributed by atoms with Gasteiger partial charge < -0.3 is 9.64 Å². The van der Waals surface area contributed by atoms with Gasteiger partial charge in [-0.05, 0) is 24.6 Å². The Bertz CT molecular complexity index is 491. The van der Waals surface area contributed by atoms with Gasteiger partial charge in [0.05, 0.1) is 12.4 Å². The van der Waals surface area contributed by atoms with Crippen molar-refractivity contribution in [3.8, 4) is 0 Å². The summed E-state index contributed by atoms with van der Waals surface area (Å²) in [5.74, 6) is 0.235. The third-order valence-electron chi connectivity index (χ3n) is 2.63. The highest BCUT2D eigenvalue weighted by atomic mass is 35.5. The van der Waals surface area contributed by atoms with E-state index in [9.17, 15) is 9.59 Å². The number of nitrogens with zero attached hydrogens (tertiary/aromatic N) is 1. The first-order valence-electron chi connectivity index (χ1n) is 6.36. The van der Waals surface area contributed by atoms with Gasteiger partial charge in [0, 0.05) is 22.8 Å². The molecule has 0 aliphatic rings. The molecule has 0 atom stereocenters. The summed E-state index contributed by atoms with van der Waals surface area (Å²) in [7, 11) is 1.57. The summed E-state index contributed by atoms with van der Waals surface area (Å²) >= 11 is 13.5. The van der Waals surface area contributed by atoms with Crippen molar-refractivity contribution >= 4 is 46.8 Å². The van der Waals surface area contributed by atoms with Crippen LogP contribution < -0.4 is 0 Å². The normalized spacial score (nSPS) is 10.3. The fourth-order valence-corrected chi connectivity index (χ4v) is 3.21. The zero-order valence-corrected chi connectivity index (χ0v) is 14.2. The zero-order chi connectivity index (χ0) is 15.8. The number of rotatable bonds is 7. The highest BCUT2D eigenvalue weighted by molar-refractivity contribution is 7.99. The number of hydrogen-bond donors (Lipinski definition) is 0. The number of carbonyl (C=O) groups excluding carboxylic acids is 2. The first-order valence-corrected chi connectivity index (χ1v) is 8.27. The molecule has 116 valence electrons. The molecular formula is C14H17Cl2NO3S. The number of thioether (sulfide) groups is 1. The Morgan fingerprint density at radius 1 is 1.29 bits per heavy atom. The van der Waals surface area contributed by atoms with Gasteiger partial charge in [0.15, 0.2) is 0 Å². The lowest BCUT2D eigenvalue weighted by molar-refractivity contribution is -0.147. The van der Waals surface area contributed by atoms with Crippen LogP contribution in [0.25, 0.3) is 0 Å². The Balaban J connectivity index is 2.41. The molecule has 0 aromatic heterocycles. The van der Waals surface area contributed by atoms with Crippen molar-refractivity contribution < 1.29 is 14.3 Å². The molecule has 0 heterocycles. The third kappa shape index (κ3) is 6.16. The molecule has 0 spiro atoms. The van der Waals surface area contributed by atoms with E-state index in [2.05, 4.69) is 0 Å². The number of benzene rings is 1. The molecule has 0 N–H and O–H groups in total. The van der Waals surface area contributed by atoms with E-state index in [1.807, 2.05) is 0 Å². The molecule has 1 aromatic rings. The van der Waals surface area contributed by atoms with Gasteiger partial charge >= 0.3 is 5.97 Å². The molecule has 0 aliphatic heterocycles. The number of halogens is 2. The van der Waals surface area contributed by atoms with Crippen LogP contribution in [0.1, 0.15) is 12.5 Å². The van der Waals surface area contributed by atoms with E-state index >= 15 is 0 Å². The van der Waals surface area contributed by atoms with Gasteiger partial charge in [-0.2, -0.15) is 0 Å². The second-order valence-corrected chi connectivity index (χ2v) is 6.05. The predicted molar refractivity (Wildman–Crippen MR) is 86.9 cm³/mol. The summed E-state index contributed by atoms with van der Waals surface area (Å²) in [5.41, 5.74) is 0.812. The Morgan fingerprint density at radius 3 is 2.48 bits per heavy atom. The molecule has 0 saturated heterocycles. The highest BCUT2D eigenvalue weighted by Gasteiger charge is 2.14. The summed E-state index contributed by atoms with van der Waals surface area (Å²) in [6.45, 7) is 1.99. The second kappa shape index (κ2) is 9.18. The maximum Gasteiger partial charge on any atom is 0.325 e. The van der Waals surface area contributed by atoms with Crippen LogP contribution in [0, 0.1) is 0 Å². The van der Waals surface area contributed by atoms with Gasteiger partial charge in [0.25, 0.3) is 0 Å². The SMILES string of the molecule is CCOC(=O)CN(C)C(=O)CSCc1c(Cl)cccc1Cl. The molecule has 1 rings (SSSR count). The van der Waals surface area contributed by atoms with Gasteiger partial charge in [-0.15, -0.1) is 11.8 Å². The maximum absolute atomic E-state index is 11.9. The molecule has 0 aliphatic carbocycles. The molecule has 4 nitrogen and oxygen atoms in total. The van der Waals surface area contributed by atoms with Crippen LogP contribution in [-0.4, -0.2) is 42.7 Å². The minimum Gasteiger partial charge on any atom is -0.465 e. The average molecular weight is 350 g/mol. The lowest BCUT2D eigenvalue weighted by Gasteiger charge is -2.16. The van der Waals surface area contributed by atoms with Crippen LogP contribution in [0.2, 0.25) is 10.0 Å². The minimum absolute atomic E-state index is 0.0416. The van der Waals surface area contributed by atoms with Crippen molar-refractivity contribution in [3.05, 3.63) is 33.8 Å². The van der Waals surface area contributed by atoms with Crippen molar-refractivity contribution in [2.75, 3.05) is 26.0 Å². The summed E-state index contributed by atoms with van der Waals surface area (Å²) < 4.78 is 4.79. The molecule has 0 bridgehead atoms. The van der Waals surface area contributed by atoms with Gasteiger partial charge in [-0.1, -0.05) is 29.3 Å². The molecule has 7 heteroatoms. The standard InChI is InChI=1S/C14H17Cl2NO3S/c1-3-20-14(19)7-17(2)13(18)9-21-8-10-11(15)5-4-6-12(10)16/h4-6H,3,7-9H2,1-2H3. The highest BCUT2D eigenvalue weighted by Crippen LogP contribution is 2.28. The predicted octanol–water partition coefficient (Wildman–Crippen LogP) is 3.25. The Morgan fingerprint density at radius 2 is 1.90 bits per heavy atom. The van der Waals surface area contributed by atoms with Gasteiger partial charge in [0.2, 0.25) is 5.91 Å². The number of carbonyl (C=O) groups is 2. The smallest absolute Gasteiger partial charge is 0.325 e. The lowest BCUT2D eigenvalue weighted by Crippen LogP contribution is -2.34. The molecule has 1 aromatic carbocycles. The van der Waals surface area contributed by atoms with Crippen LogP contribution in [0.15, 0.2) is 18.2 Å². The Labute approximate surface area is 138 Å². The molecule has 0 saturated carbocycles. The van der Waals surface area contributed by atoms with Crippen LogP contribution in [0.4, 0.5) is 0 Å². The zero-order valence-electron chi connectivity index (χ0n) is 11.9. The fraction of sp³-hybridized carbons (Fsp3) is 0.429. The fourth-order valence-electron chi connectivity index (χ4n) is 1.51. The monoisotopic (exact) mass is 349 g/mol. The van der Waals surface area contributed by atoms with Crippen LogP contribution >= 0.6 is 35.0 Å². The van der Waals surface area contributed by atoms with Gasteiger partial charge in [-0.25, -0.2) is 0 Å². The quantitative estimate of drug-likeness (QED) is 0.709. The second-order valence-electron chi connectivity index (χ2n) is 4.25. The molecule has 21 heavy (non-hydrogen) atoms. The molecule has 0 fully saturated rings. The summed E-state index contributed by atoms with van der Waals surface area (Å²) in [4.78, 5) is 24.5. The van der Waals surface area contributed by atoms with Gasteiger partial charge in [0.1, 0.15) is 6.54 Å². The minimum atomic E-state index is -0.410. The molecule has 0 unspecified atom stereocenters. The largest absolute Gasteiger partial charge is 0.465 e. The van der Waals surface area contributed by atoms with Crippen molar-refractivity contribution in [2.24, 2.45) is 0 Å². The summed E-state index contributed by atoms with van der Waals surface area (Å²) in [5, 5.41) is 1.17. The molecule has 1 amide bonds. The first-order chi connectivity index (χ1) is 9.95. The van der Waals surface area contributed by atoms with Crippen molar-refractivity contribution in [1.82, 2.24) is 4.90 Å². The van der Waals surface area contributed by atoms with Crippen molar-refractivity contribution in [1.29, 1.82) is 0 Å². The average Bonchev–Trinajstić information content (AvgIpc) is 2.42. The van der Waals surface area contributed by atoms with E-state index in [1.54, 1.807) is 32.2 Å². The Kier molecular flexibility index (Phi) is 7.93. The van der Waals surface area contributed by atoms with Crippen LogP contribution in [-0.2, 0) is 20.1 Å². The summed E-state index contributed by atoms with van der Waals surface area (Å²) in [6, 6.07) is 5.30. The number of amides is 1. The van der Waals surface area contributed by atoms with Gasteiger partial charge in [-0.3, -0.25) is 9.59 Å². The summed E-state index contributed by atoms with van der Waals surface area (Å²) in [6.07, 6.45) is 0. The van der Waals surface area contributed by atoms with E-state index in [-0.39, 0.29) is 18.2 Å². The van der Waals surface area contributed by atoms with Crippen LogP contribution in [0.3, 0.4) is 0 Å². The number of hydrogen-bond acceptors (Lipinski definition) is 4. The van der Waals surface area contributed by atoms with Crippen LogP contribution in [0.5, 0.6) is 0 Å². The van der Waals surface area contributed by atoms with E-state index in [1.165, 1.54) is 16.7 Å². The first kappa shape index (κ1) is 18.1. The van der Waals surface area contributed by atoms with Crippen molar-refractivity contribution in [3.63, 3.8) is 0 Å². The van der Waals surface area contributed by atoms with E-state index in [0.29, 0.717) is 22.4 Å². The molecular weight excluding hydrogens is 333 g/mol. The van der Waals surface area contributed by atoms with Crippen molar-refractivity contribution in [2.45, 2.75) is 12.7 Å². The maximum atomic E-state index is 11.9.